The molecule has 0 aliphatic carbocycles. The van der Waals surface area contributed by atoms with Crippen molar-refractivity contribution in [2.75, 3.05) is 7.05 Å². The molecule has 6 heteroatoms. The smallest absolute Gasteiger partial charge is 0.251 e. The molecule has 18 heavy (non-hydrogen) atoms. The van der Waals surface area contributed by atoms with Gasteiger partial charge in [0, 0.05) is 13.5 Å². The summed E-state index contributed by atoms with van der Waals surface area (Å²) in [6.45, 7) is 5.57. The number of likely N-dealkylation sites (tertiary alicyclic amines) is 1. The molecule has 1 aliphatic heterocycles. The molecule has 0 radical (unpaired) electrons. The summed E-state index contributed by atoms with van der Waals surface area (Å²) in [6.07, 6.45) is 0.600. The number of nitrogens with zero attached hydrogens (tertiary/aromatic N) is 1. The Kier molecular flexibility index (Phi) is 4.11. The lowest BCUT2D eigenvalue weighted by Crippen LogP contribution is -2.57. The van der Waals surface area contributed by atoms with Gasteiger partial charge in [-0.2, -0.15) is 0 Å². The van der Waals surface area contributed by atoms with E-state index >= 15 is 0 Å². The molecule has 1 fully saturated rings. The molecule has 1 rings (SSSR count). The molecule has 102 valence electrons. The van der Waals surface area contributed by atoms with Gasteiger partial charge in [-0.15, -0.1) is 0 Å². The fraction of sp³-hybridized carbons (Fsp3) is 0.750. The molecule has 2 unspecified atom stereocenters. The maximum atomic E-state index is 11.9. The number of amides is 3. The summed E-state index contributed by atoms with van der Waals surface area (Å²) in [5.74, 6) is -0.949. The topological polar surface area (TPSA) is 92.5 Å². The number of nitrogens with two attached hydrogens (primary N) is 1. The maximum absolute atomic E-state index is 11.9. The molecule has 3 amide bonds. The normalized spacial score (nSPS) is 22.9. The fourth-order valence-corrected chi connectivity index (χ4v) is 1.70. The standard InChI is InChI=1S/C12H21N3O3/c1-12(2,3)9(13)10(17)14-7-5-6-8(16)15(4)11(7)18/h7,9H,5-6,13H2,1-4H3,(H,14,17). The van der Waals surface area contributed by atoms with Gasteiger partial charge in [-0.1, -0.05) is 20.8 Å². The zero-order valence-corrected chi connectivity index (χ0v) is 11.3. The fourth-order valence-electron chi connectivity index (χ4n) is 1.70. The number of imide groups is 1. The maximum Gasteiger partial charge on any atom is 0.251 e. The first kappa shape index (κ1) is 14.6. The third-order valence-electron chi connectivity index (χ3n) is 3.18. The molecule has 3 N–H and O–H groups in total. The van der Waals surface area contributed by atoms with Gasteiger partial charge in [0.1, 0.15) is 6.04 Å². The highest BCUT2D eigenvalue weighted by Gasteiger charge is 2.35. The van der Waals surface area contributed by atoms with E-state index < -0.39 is 12.1 Å². The van der Waals surface area contributed by atoms with Crippen molar-refractivity contribution in [2.45, 2.75) is 45.7 Å². The van der Waals surface area contributed by atoms with Crippen LogP contribution in [0.25, 0.3) is 0 Å². The molecule has 6 nitrogen and oxygen atoms in total. The summed E-state index contributed by atoms with van der Waals surface area (Å²) >= 11 is 0. The minimum atomic E-state index is -0.687. The van der Waals surface area contributed by atoms with E-state index in [1.165, 1.54) is 7.05 Å². The summed E-state index contributed by atoms with van der Waals surface area (Å²) in [5, 5.41) is 2.62. The van der Waals surface area contributed by atoms with Crippen molar-refractivity contribution in [1.82, 2.24) is 10.2 Å². The molecule has 0 aromatic carbocycles. The lowest BCUT2D eigenvalue weighted by molar-refractivity contribution is -0.149. The molecule has 1 aliphatic rings. The number of piperidine rings is 1. The van der Waals surface area contributed by atoms with Crippen LogP contribution in [0.3, 0.4) is 0 Å². The molecule has 0 saturated carbocycles. The van der Waals surface area contributed by atoms with Gasteiger partial charge in [0.2, 0.25) is 11.8 Å². The Labute approximate surface area is 107 Å². The van der Waals surface area contributed by atoms with Crippen LogP contribution in [0, 0.1) is 5.41 Å². The monoisotopic (exact) mass is 255 g/mol. The van der Waals surface area contributed by atoms with Gasteiger partial charge in [0.05, 0.1) is 6.04 Å². The van der Waals surface area contributed by atoms with Crippen LogP contribution in [0.1, 0.15) is 33.6 Å². The highest BCUT2D eigenvalue weighted by atomic mass is 16.2. The number of likely N-dealkylation sites (N-methyl/N-ethyl adjacent to an activating group) is 1. The number of nitrogens with one attached hydrogen (secondary N) is 1. The van der Waals surface area contributed by atoms with Gasteiger partial charge in [-0.05, 0) is 11.8 Å². The highest BCUT2D eigenvalue weighted by Crippen LogP contribution is 2.18. The van der Waals surface area contributed by atoms with Crippen LogP contribution in [0.2, 0.25) is 0 Å². The third kappa shape index (κ3) is 3.07. The summed E-state index contributed by atoms with van der Waals surface area (Å²) in [6, 6.07) is -1.33. The van der Waals surface area contributed by atoms with E-state index in [2.05, 4.69) is 5.32 Å². The van der Waals surface area contributed by atoms with Gasteiger partial charge in [0.15, 0.2) is 0 Å². The first-order valence-electron chi connectivity index (χ1n) is 6.01. The summed E-state index contributed by atoms with van der Waals surface area (Å²) in [4.78, 5) is 36.0. The Balaban J connectivity index is 2.66. The molecular weight excluding hydrogens is 234 g/mol. The van der Waals surface area contributed by atoms with Crippen molar-refractivity contribution in [3.8, 4) is 0 Å². The Morgan fingerprint density at radius 2 is 2.00 bits per heavy atom. The average molecular weight is 255 g/mol. The van der Waals surface area contributed by atoms with E-state index in [-0.39, 0.29) is 29.6 Å². The van der Waals surface area contributed by atoms with Gasteiger partial charge in [-0.3, -0.25) is 19.3 Å². The Morgan fingerprint density at radius 3 is 2.50 bits per heavy atom. The summed E-state index contributed by atoms with van der Waals surface area (Å²) in [7, 11) is 1.42. The minimum absolute atomic E-state index is 0.217. The van der Waals surface area contributed by atoms with Crippen LogP contribution in [-0.2, 0) is 14.4 Å². The second-order valence-corrected chi connectivity index (χ2v) is 5.73. The van der Waals surface area contributed by atoms with Gasteiger partial charge in [0.25, 0.3) is 5.91 Å². The molecule has 0 aromatic heterocycles. The summed E-state index contributed by atoms with van der Waals surface area (Å²) in [5.41, 5.74) is 5.44. The van der Waals surface area contributed by atoms with Crippen LogP contribution < -0.4 is 11.1 Å². The second kappa shape index (κ2) is 5.06. The average Bonchev–Trinajstić information content (AvgIpc) is 2.27. The van der Waals surface area contributed by atoms with Crippen molar-refractivity contribution in [2.24, 2.45) is 11.1 Å². The zero-order chi connectivity index (χ0) is 14.1. The van der Waals surface area contributed by atoms with Crippen molar-refractivity contribution in [3.05, 3.63) is 0 Å². The molecule has 0 bridgehead atoms. The van der Waals surface area contributed by atoms with Crippen LogP contribution in [-0.4, -0.2) is 41.8 Å². The molecule has 0 aromatic rings. The lowest BCUT2D eigenvalue weighted by Gasteiger charge is -2.31. The number of carbonyl (C=O) groups excluding carboxylic acids is 3. The number of hydrogen-bond donors (Lipinski definition) is 2. The van der Waals surface area contributed by atoms with E-state index in [9.17, 15) is 14.4 Å². The van der Waals surface area contributed by atoms with Crippen molar-refractivity contribution in [3.63, 3.8) is 0 Å². The first-order valence-corrected chi connectivity index (χ1v) is 6.01. The molecule has 0 spiro atoms. The Bertz CT molecular complexity index is 373. The highest BCUT2D eigenvalue weighted by molar-refractivity contribution is 6.01. The van der Waals surface area contributed by atoms with E-state index in [0.29, 0.717) is 6.42 Å². The first-order chi connectivity index (χ1) is 8.14. The summed E-state index contributed by atoms with van der Waals surface area (Å²) < 4.78 is 0. The van der Waals surface area contributed by atoms with Crippen LogP contribution in [0.4, 0.5) is 0 Å². The van der Waals surface area contributed by atoms with Crippen molar-refractivity contribution >= 4 is 17.7 Å². The predicted molar refractivity (Wildman–Crippen MR) is 66.4 cm³/mol. The van der Waals surface area contributed by atoms with Gasteiger partial charge < -0.3 is 11.1 Å². The van der Waals surface area contributed by atoms with Gasteiger partial charge >= 0.3 is 0 Å². The Morgan fingerprint density at radius 1 is 1.44 bits per heavy atom. The molecular formula is C12H21N3O3. The van der Waals surface area contributed by atoms with Crippen molar-refractivity contribution < 1.29 is 14.4 Å². The number of hydrogen-bond acceptors (Lipinski definition) is 4. The van der Waals surface area contributed by atoms with Gasteiger partial charge in [-0.25, -0.2) is 0 Å². The molecule has 1 heterocycles. The van der Waals surface area contributed by atoms with Crippen molar-refractivity contribution in [1.29, 1.82) is 0 Å². The van der Waals surface area contributed by atoms with E-state index in [1.807, 2.05) is 20.8 Å². The number of carbonyl (C=O) groups is 3. The number of rotatable bonds is 2. The predicted octanol–water partition coefficient (Wildman–Crippen LogP) is -0.377. The molecule has 2 atom stereocenters. The minimum Gasteiger partial charge on any atom is -0.343 e. The largest absolute Gasteiger partial charge is 0.343 e. The third-order valence-corrected chi connectivity index (χ3v) is 3.18. The SMILES string of the molecule is CN1C(=O)CCC(NC(=O)C(N)C(C)(C)C)C1=O. The van der Waals surface area contributed by atoms with E-state index in [4.69, 9.17) is 5.73 Å². The Hall–Kier alpha value is -1.43. The molecule has 1 saturated heterocycles. The quantitative estimate of drug-likeness (QED) is 0.658. The second-order valence-electron chi connectivity index (χ2n) is 5.73. The van der Waals surface area contributed by atoms with Crippen LogP contribution >= 0.6 is 0 Å². The van der Waals surface area contributed by atoms with Crippen LogP contribution in [0.5, 0.6) is 0 Å². The lowest BCUT2D eigenvalue weighted by atomic mass is 9.86. The zero-order valence-electron chi connectivity index (χ0n) is 11.3. The van der Waals surface area contributed by atoms with E-state index in [1.54, 1.807) is 0 Å². The van der Waals surface area contributed by atoms with Crippen LogP contribution in [0.15, 0.2) is 0 Å². The van der Waals surface area contributed by atoms with E-state index in [0.717, 1.165) is 4.90 Å².